The largest absolute Gasteiger partial charge is 0.293 e. The fourth-order valence-electron chi connectivity index (χ4n) is 2.28. The van der Waals surface area contributed by atoms with Gasteiger partial charge < -0.3 is 0 Å². The van der Waals surface area contributed by atoms with Gasteiger partial charge in [-0.05, 0) is 31.2 Å². The van der Waals surface area contributed by atoms with Crippen molar-refractivity contribution in [2.24, 2.45) is 0 Å². The van der Waals surface area contributed by atoms with Gasteiger partial charge >= 0.3 is 0 Å². The summed E-state index contributed by atoms with van der Waals surface area (Å²) in [4.78, 5) is 15.2. The number of aromatic nitrogens is 2. The van der Waals surface area contributed by atoms with E-state index in [9.17, 15) is 10.1 Å². The molecule has 0 amide bonds. The third kappa shape index (κ3) is 1.92. The van der Waals surface area contributed by atoms with Crippen molar-refractivity contribution < 1.29 is 4.92 Å². The zero-order chi connectivity index (χ0) is 14.3. The van der Waals surface area contributed by atoms with E-state index in [1.807, 2.05) is 31.2 Å². The maximum absolute atomic E-state index is 11.2. The van der Waals surface area contributed by atoms with Crippen LogP contribution >= 0.6 is 11.6 Å². The summed E-state index contributed by atoms with van der Waals surface area (Å²) in [6, 6.07) is 12.0. The predicted molar refractivity (Wildman–Crippen MR) is 77.5 cm³/mol. The molecule has 0 radical (unpaired) electrons. The molecule has 1 heterocycles. The molecule has 0 aliphatic heterocycles. The number of para-hydroxylation sites is 2. The Morgan fingerprint density at radius 2 is 2.00 bits per heavy atom. The van der Waals surface area contributed by atoms with Crippen LogP contribution < -0.4 is 0 Å². The first kappa shape index (κ1) is 12.6. The number of hydrogen-bond acceptors (Lipinski definition) is 3. The molecule has 0 fully saturated rings. The molecule has 0 saturated heterocycles. The second-order valence-corrected chi connectivity index (χ2v) is 4.81. The van der Waals surface area contributed by atoms with Gasteiger partial charge in [0.25, 0.3) is 5.69 Å². The topological polar surface area (TPSA) is 61.0 Å². The van der Waals surface area contributed by atoms with Crippen LogP contribution in [0.5, 0.6) is 0 Å². The second kappa shape index (κ2) is 4.61. The van der Waals surface area contributed by atoms with Gasteiger partial charge in [-0.25, -0.2) is 4.98 Å². The van der Waals surface area contributed by atoms with E-state index in [0.29, 0.717) is 16.5 Å². The molecule has 0 N–H and O–H groups in total. The number of nitrogens with zero attached hydrogens (tertiary/aromatic N) is 3. The van der Waals surface area contributed by atoms with Crippen molar-refractivity contribution in [1.29, 1.82) is 0 Å². The molecule has 100 valence electrons. The molecular formula is C14H10ClN3O2. The third-order valence-corrected chi connectivity index (χ3v) is 3.34. The van der Waals surface area contributed by atoms with E-state index in [2.05, 4.69) is 4.98 Å². The first-order valence-corrected chi connectivity index (χ1v) is 6.34. The lowest BCUT2D eigenvalue weighted by molar-refractivity contribution is -0.384. The van der Waals surface area contributed by atoms with Gasteiger partial charge in [0.2, 0.25) is 0 Å². The van der Waals surface area contributed by atoms with E-state index in [4.69, 9.17) is 11.6 Å². The summed E-state index contributed by atoms with van der Waals surface area (Å²) in [6.07, 6.45) is 0. The molecule has 20 heavy (non-hydrogen) atoms. The SMILES string of the molecule is Cc1nc2ccccc2n1-c1cc(Cl)ccc1[N+](=O)[O-]. The Balaban J connectivity index is 2.39. The quantitative estimate of drug-likeness (QED) is 0.530. The summed E-state index contributed by atoms with van der Waals surface area (Å²) >= 11 is 5.99. The predicted octanol–water partition coefficient (Wildman–Crippen LogP) is 3.90. The fraction of sp³-hybridized carbons (Fsp3) is 0.0714. The third-order valence-electron chi connectivity index (χ3n) is 3.10. The average Bonchev–Trinajstić information content (AvgIpc) is 2.73. The maximum atomic E-state index is 11.2. The van der Waals surface area contributed by atoms with Crippen LogP contribution in [0.4, 0.5) is 5.69 Å². The highest BCUT2D eigenvalue weighted by Crippen LogP contribution is 2.30. The van der Waals surface area contributed by atoms with E-state index in [1.54, 1.807) is 10.6 Å². The number of nitro benzene ring substituents is 1. The normalized spacial score (nSPS) is 10.9. The molecular weight excluding hydrogens is 278 g/mol. The van der Waals surface area contributed by atoms with Crippen LogP contribution in [0.3, 0.4) is 0 Å². The first-order chi connectivity index (χ1) is 9.58. The molecule has 5 nitrogen and oxygen atoms in total. The Hall–Kier alpha value is -2.40. The number of nitro groups is 1. The van der Waals surface area contributed by atoms with Crippen LogP contribution in [0.2, 0.25) is 5.02 Å². The molecule has 2 aromatic carbocycles. The molecule has 3 aromatic rings. The Morgan fingerprint density at radius 3 is 2.75 bits per heavy atom. The van der Waals surface area contributed by atoms with E-state index in [-0.39, 0.29) is 5.69 Å². The lowest BCUT2D eigenvalue weighted by atomic mass is 10.2. The van der Waals surface area contributed by atoms with Crippen LogP contribution in [0.15, 0.2) is 42.5 Å². The van der Waals surface area contributed by atoms with Crippen LogP contribution in [-0.2, 0) is 0 Å². The maximum Gasteiger partial charge on any atom is 0.293 e. The Labute approximate surface area is 119 Å². The molecule has 3 rings (SSSR count). The summed E-state index contributed by atoms with van der Waals surface area (Å²) in [7, 11) is 0. The number of aryl methyl sites for hydroxylation is 1. The molecule has 0 aliphatic carbocycles. The standard InChI is InChI=1S/C14H10ClN3O2/c1-9-16-11-4-2-3-5-12(11)17(9)14-8-10(15)6-7-13(14)18(19)20/h2-8H,1H3. The van der Waals surface area contributed by atoms with Crippen LogP contribution in [-0.4, -0.2) is 14.5 Å². The fourth-order valence-corrected chi connectivity index (χ4v) is 2.45. The zero-order valence-corrected chi connectivity index (χ0v) is 11.3. The monoisotopic (exact) mass is 287 g/mol. The molecule has 1 aromatic heterocycles. The summed E-state index contributed by atoms with van der Waals surface area (Å²) in [5.41, 5.74) is 2.03. The van der Waals surface area contributed by atoms with Crippen molar-refractivity contribution in [3.63, 3.8) is 0 Å². The number of hydrogen-bond donors (Lipinski definition) is 0. The van der Waals surface area contributed by atoms with Crippen LogP contribution in [0.1, 0.15) is 5.82 Å². The molecule has 0 unspecified atom stereocenters. The summed E-state index contributed by atoms with van der Waals surface area (Å²) in [5, 5.41) is 11.7. The molecule has 0 bridgehead atoms. The van der Waals surface area contributed by atoms with Gasteiger partial charge in [-0.3, -0.25) is 14.7 Å². The summed E-state index contributed by atoms with van der Waals surface area (Å²) < 4.78 is 1.75. The minimum atomic E-state index is -0.417. The van der Waals surface area contributed by atoms with Gasteiger partial charge in [0.05, 0.1) is 16.0 Å². The van der Waals surface area contributed by atoms with E-state index < -0.39 is 4.92 Å². The molecule has 0 saturated carbocycles. The van der Waals surface area contributed by atoms with Gasteiger partial charge in [0.1, 0.15) is 11.5 Å². The summed E-state index contributed by atoms with van der Waals surface area (Å²) in [6.45, 7) is 1.81. The first-order valence-electron chi connectivity index (χ1n) is 5.96. The zero-order valence-electron chi connectivity index (χ0n) is 10.6. The average molecular weight is 288 g/mol. The van der Waals surface area contributed by atoms with Crippen molar-refractivity contribution >= 4 is 28.3 Å². The Bertz CT molecular complexity index is 826. The molecule has 0 atom stereocenters. The lowest BCUT2D eigenvalue weighted by Gasteiger charge is -2.08. The van der Waals surface area contributed by atoms with Gasteiger partial charge in [0, 0.05) is 11.1 Å². The van der Waals surface area contributed by atoms with Gasteiger partial charge in [-0.2, -0.15) is 0 Å². The summed E-state index contributed by atoms with van der Waals surface area (Å²) in [5.74, 6) is 0.677. The van der Waals surface area contributed by atoms with E-state index in [1.165, 1.54) is 12.1 Å². The highest BCUT2D eigenvalue weighted by molar-refractivity contribution is 6.30. The van der Waals surface area contributed by atoms with Crippen molar-refractivity contribution in [1.82, 2.24) is 9.55 Å². The minimum Gasteiger partial charge on any atom is -0.290 e. The molecule has 6 heteroatoms. The van der Waals surface area contributed by atoms with E-state index >= 15 is 0 Å². The highest BCUT2D eigenvalue weighted by Gasteiger charge is 2.19. The van der Waals surface area contributed by atoms with Gasteiger partial charge in [0.15, 0.2) is 0 Å². The molecule has 0 aliphatic rings. The van der Waals surface area contributed by atoms with Crippen LogP contribution in [0, 0.1) is 17.0 Å². The number of imidazole rings is 1. The van der Waals surface area contributed by atoms with Gasteiger partial charge in [-0.15, -0.1) is 0 Å². The van der Waals surface area contributed by atoms with E-state index in [0.717, 1.165) is 11.0 Å². The Kier molecular flexibility index (Phi) is 2.91. The Morgan fingerprint density at radius 1 is 1.25 bits per heavy atom. The van der Waals surface area contributed by atoms with Crippen molar-refractivity contribution in [2.75, 3.05) is 0 Å². The lowest BCUT2D eigenvalue weighted by Crippen LogP contribution is -2.02. The number of halogens is 1. The van der Waals surface area contributed by atoms with Crippen molar-refractivity contribution in [3.8, 4) is 5.69 Å². The van der Waals surface area contributed by atoms with Gasteiger partial charge in [-0.1, -0.05) is 23.7 Å². The van der Waals surface area contributed by atoms with Crippen molar-refractivity contribution in [2.45, 2.75) is 6.92 Å². The highest BCUT2D eigenvalue weighted by atomic mass is 35.5. The van der Waals surface area contributed by atoms with Crippen molar-refractivity contribution in [3.05, 3.63) is 63.4 Å². The second-order valence-electron chi connectivity index (χ2n) is 4.37. The molecule has 0 spiro atoms. The number of rotatable bonds is 2. The number of fused-ring (bicyclic) bond motifs is 1. The smallest absolute Gasteiger partial charge is 0.290 e. The number of benzene rings is 2. The minimum absolute atomic E-state index is 0.000605. The van der Waals surface area contributed by atoms with Crippen LogP contribution in [0.25, 0.3) is 16.7 Å².